The van der Waals surface area contributed by atoms with Crippen LogP contribution in [0.3, 0.4) is 0 Å². The molecule has 1 unspecified atom stereocenters. The highest BCUT2D eigenvalue weighted by Gasteiger charge is 2.14. The molecule has 0 amide bonds. The first-order valence-corrected chi connectivity index (χ1v) is 7.52. The van der Waals surface area contributed by atoms with Crippen molar-refractivity contribution in [2.45, 2.75) is 13.0 Å². The number of hydrogen-bond acceptors (Lipinski definition) is 4. The summed E-state index contributed by atoms with van der Waals surface area (Å²) in [7, 11) is 0. The van der Waals surface area contributed by atoms with Crippen molar-refractivity contribution in [1.29, 1.82) is 0 Å². The van der Waals surface area contributed by atoms with E-state index in [1.54, 1.807) is 18.2 Å². The summed E-state index contributed by atoms with van der Waals surface area (Å²) in [6.45, 7) is 2.26. The fraction of sp³-hybridized carbons (Fsp3) is 0.250. The van der Waals surface area contributed by atoms with Crippen molar-refractivity contribution in [1.82, 2.24) is 0 Å². The van der Waals surface area contributed by atoms with Crippen LogP contribution in [-0.4, -0.2) is 23.4 Å². The summed E-state index contributed by atoms with van der Waals surface area (Å²) in [6.07, 6.45) is 0. The third-order valence-corrected chi connectivity index (χ3v) is 3.76. The number of ether oxygens (including phenoxy) is 1. The minimum absolute atomic E-state index is 0.0718. The molecule has 2 rings (SSSR count). The second-order valence-corrected chi connectivity index (χ2v) is 5.37. The molecule has 0 aliphatic heterocycles. The molecular weight excluding hydrogens is 334 g/mol. The summed E-state index contributed by atoms with van der Waals surface area (Å²) < 4.78 is 6.30. The number of aliphatic hydroxyl groups excluding tert-OH is 1. The minimum Gasteiger partial charge on any atom is -0.504 e. The topological polar surface area (TPSA) is 61.7 Å². The number of nitrogens with one attached hydrogen (secondary N) is 1. The molecule has 112 valence electrons. The lowest BCUT2D eigenvalue weighted by Crippen LogP contribution is -2.15. The SMILES string of the molecule is CCOc1cc(C(CO)Nc2ccccc2Br)ccc1O. The molecule has 5 heteroatoms. The normalized spacial score (nSPS) is 12.0. The first-order valence-electron chi connectivity index (χ1n) is 6.73. The summed E-state index contributed by atoms with van der Waals surface area (Å²) >= 11 is 3.47. The number of phenolic OH excluding ortho intramolecular Hbond substituents is 1. The van der Waals surface area contributed by atoms with Crippen molar-refractivity contribution < 1.29 is 14.9 Å². The molecule has 3 N–H and O–H groups in total. The van der Waals surface area contributed by atoms with Gasteiger partial charge in [0.2, 0.25) is 0 Å². The fourth-order valence-electron chi connectivity index (χ4n) is 2.02. The molecule has 0 heterocycles. The van der Waals surface area contributed by atoms with Crippen molar-refractivity contribution in [3.63, 3.8) is 0 Å². The van der Waals surface area contributed by atoms with Gasteiger partial charge in [-0.2, -0.15) is 0 Å². The Hall–Kier alpha value is -1.72. The molecule has 0 aliphatic rings. The van der Waals surface area contributed by atoms with Crippen LogP contribution in [-0.2, 0) is 0 Å². The molecule has 4 nitrogen and oxygen atoms in total. The quantitative estimate of drug-likeness (QED) is 0.742. The first kappa shape index (κ1) is 15.7. The Morgan fingerprint density at radius 1 is 1.24 bits per heavy atom. The van der Waals surface area contributed by atoms with E-state index in [0.29, 0.717) is 12.4 Å². The molecule has 0 bridgehead atoms. The number of benzene rings is 2. The van der Waals surface area contributed by atoms with Gasteiger partial charge in [0.05, 0.1) is 19.3 Å². The van der Waals surface area contributed by atoms with Crippen LogP contribution in [0.4, 0.5) is 5.69 Å². The van der Waals surface area contributed by atoms with Gasteiger partial charge in [0.25, 0.3) is 0 Å². The van der Waals surface area contributed by atoms with Crippen molar-refractivity contribution in [2.75, 3.05) is 18.5 Å². The number of anilines is 1. The maximum Gasteiger partial charge on any atom is 0.161 e. The molecule has 0 spiro atoms. The van der Waals surface area contributed by atoms with Gasteiger partial charge in [-0.1, -0.05) is 18.2 Å². The van der Waals surface area contributed by atoms with Crippen LogP contribution in [0.15, 0.2) is 46.9 Å². The van der Waals surface area contributed by atoms with Gasteiger partial charge >= 0.3 is 0 Å². The molecule has 0 aliphatic carbocycles. The standard InChI is InChI=1S/C16H18BrNO3/c1-2-21-16-9-11(7-8-15(16)20)14(10-19)18-13-6-4-3-5-12(13)17/h3-9,14,18-20H,2,10H2,1H3. The number of hydrogen-bond donors (Lipinski definition) is 3. The second kappa shape index (κ2) is 7.33. The second-order valence-electron chi connectivity index (χ2n) is 4.52. The highest BCUT2D eigenvalue weighted by Crippen LogP contribution is 2.32. The van der Waals surface area contributed by atoms with Crippen LogP contribution in [0.2, 0.25) is 0 Å². The molecule has 0 radical (unpaired) electrons. The lowest BCUT2D eigenvalue weighted by molar-refractivity contribution is 0.275. The monoisotopic (exact) mass is 351 g/mol. The Balaban J connectivity index is 2.25. The smallest absolute Gasteiger partial charge is 0.161 e. The zero-order chi connectivity index (χ0) is 15.2. The van der Waals surface area contributed by atoms with Crippen LogP contribution >= 0.6 is 15.9 Å². The maximum absolute atomic E-state index is 9.74. The van der Waals surface area contributed by atoms with E-state index in [0.717, 1.165) is 15.7 Å². The van der Waals surface area contributed by atoms with Crippen molar-refractivity contribution in [3.05, 3.63) is 52.5 Å². The Bertz CT molecular complexity index is 604. The summed E-state index contributed by atoms with van der Waals surface area (Å²) in [5.74, 6) is 0.514. The molecule has 0 fully saturated rings. The Labute approximate surface area is 132 Å². The van der Waals surface area contributed by atoms with Crippen molar-refractivity contribution >= 4 is 21.6 Å². The molecule has 2 aromatic rings. The predicted octanol–water partition coefficient (Wildman–Crippen LogP) is 3.70. The number of aliphatic hydroxyl groups is 1. The maximum atomic E-state index is 9.74. The van der Waals surface area contributed by atoms with Gasteiger partial charge in [-0.25, -0.2) is 0 Å². The average Bonchev–Trinajstić information content (AvgIpc) is 2.49. The van der Waals surface area contributed by atoms with E-state index in [-0.39, 0.29) is 18.4 Å². The Kier molecular flexibility index (Phi) is 5.47. The van der Waals surface area contributed by atoms with E-state index in [4.69, 9.17) is 4.74 Å². The summed E-state index contributed by atoms with van der Waals surface area (Å²) in [5, 5.41) is 22.6. The number of halogens is 1. The minimum atomic E-state index is -0.288. The van der Waals surface area contributed by atoms with Gasteiger partial charge in [0, 0.05) is 10.2 Å². The number of rotatable bonds is 6. The predicted molar refractivity (Wildman–Crippen MR) is 86.9 cm³/mol. The fourth-order valence-corrected chi connectivity index (χ4v) is 2.42. The van der Waals surface area contributed by atoms with Crippen molar-refractivity contribution in [3.8, 4) is 11.5 Å². The molecule has 0 saturated heterocycles. The average molecular weight is 352 g/mol. The zero-order valence-corrected chi connectivity index (χ0v) is 13.3. The van der Waals surface area contributed by atoms with Crippen LogP contribution in [0.5, 0.6) is 11.5 Å². The Morgan fingerprint density at radius 2 is 2.00 bits per heavy atom. The number of para-hydroxylation sites is 1. The number of aromatic hydroxyl groups is 1. The van der Waals surface area contributed by atoms with E-state index in [9.17, 15) is 10.2 Å². The lowest BCUT2D eigenvalue weighted by atomic mass is 10.1. The third kappa shape index (κ3) is 3.89. The largest absolute Gasteiger partial charge is 0.504 e. The van der Waals surface area contributed by atoms with Gasteiger partial charge in [-0.3, -0.25) is 0 Å². The van der Waals surface area contributed by atoms with Gasteiger partial charge in [-0.05, 0) is 52.7 Å². The molecule has 21 heavy (non-hydrogen) atoms. The molecule has 2 aromatic carbocycles. The summed E-state index contributed by atoms with van der Waals surface area (Å²) in [4.78, 5) is 0. The van der Waals surface area contributed by atoms with E-state index >= 15 is 0 Å². The Morgan fingerprint density at radius 3 is 2.67 bits per heavy atom. The van der Waals surface area contributed by atoms with E-state index < -0.39 is 0 Å². The van der Waals surface area contributed by atoms with Crippen LogP contribution in [0, 0.1) is 0 Å². The number of phenols is 1. The van der Waals surface area contributed by atoms with Gasteiger partial charge < -0.3 is 20.3 Å². The van der Waals surface area contributed by atoms with Crippen LogP contribution in [0.1, 0.15) is 18.5 Å². The molecule has 1 atom stereocenters. The highest BCUT2D eigenvalue weighted by atomic mass is 79.9. The van der Waals surface area contributed by atoms with E-state index in [1.807, 2.05) is 31.2 Å². The van der Waals surface area contributed by atoms with Crippen molar-refractivity contribution in [2.24, 2.45) is 0 Å². The van der Waals surface area contributed by atoms with Gasteiger partial charge in [-0.15, -0.1) is 0 Å². The third-order valence-electron chi connectivity index (χ3n) is 3.07. The van der Waals surface area contributed by atoms with Gasteiger partial charge in [0.15, 0.2) is 11.5 Å². The van der Waals surface area contributed by atoms with E-state index in [1.165, 1.54) is 0 Å². The summed E-state index contributed by atoms with van der Waals surface area (Å²) in [6, 6.07) is 12.5. The molecule has 0 saturated carbocycles. The van der Waals surface area contributed by atoms with Crippen LogP contribution in [0.25, 0.3) is 0 Å². The first-order chi connectivity index (χ1) is 10.2. The zero-order valence-electron chi connectivity index (χ0n) is 11.7. The van der Waals surface area contributed by atoms with Gasteiger partial charge in [0.1, 0.15) is 0 Å². The molecule has 0 aromatic heterocycles. The highest BCUT2D eigenvalue weighted by molar-refractivity contribution is 9.10. The molecular formula is C16H18BrNO3. The summed E-state index contributed by atoms with van der Waals surface area (Å²) in [5.41, 5.74) is 1.73. The lowest BCUT2D eigenvalue weighted by Gasteiger charge is -2.20. The van der Waals surface area contributed by atoms with Crippen LogP contribution < -0.4 is 10.1 Å². The van der Waals surface area contributed by atoms with E-state index in [2.05, 4.69) is 21.2 Å².